The van der Waals surface area contributed by atoms with Crippen LogP contribution >= 0.6 is 0 Å². The van der Waals surface area contributed by atoms with Crippen LogP contribution in [-0.2, 0) is 25.0 Å². The van der Waals surface area contributed by atoms with E-state index in [-0.39, 0.29) is 17.7 Å². The van der Waals surface area contributed by atoms with E-state index in [4.69, 9.17) is 5.73 Å². The lowest BCUT2D eigenvalue weighted by Crippen LogP contribution is -2.43. The van der Waals surface area contributed by atoms with Crippen molar-refractivity contribution in [1.29, 1.82) is 0 Å². The van der Waals surface area contributed by atoms with E-state index in [0.29, 0.717) is 0 Å². The van der Waals surface area contributed by atoms with Crippen LogP contribution in [0.2, 0.25) is 0 Å². The molecule has 1 unspecified atom stereocenters. The smallest absolute Gasteiger partial charge is 0.300 e. The molecule has 0 saturated heterocycles. The van der Waals surface area contributed by atoms with Crippen LogP contribution < -0.4 is 5.73 Å². The molecule has 12 nitrogen and oxygen atoms in total. The maximum absolute atomic E-state index is 11.8. The van der Waals surface area contributed by atoms with Crippen LogP contribution in [0.4, 0.5) is 11.4 Å². The molecule has 5 N–H and O–H groups in total. The highest BCUT2D eigenvalue weighted by Crippen LogP contribution is 2.37. The number of nitrogen functional groups attached to an aromatic ring is 1. The Balaban J connectivity index is 2.76. The van der Waals surface area contributed by atoms with Crippen molar-refractivity contribution in [2.45, 2.75) is 30.7 Å². The lowest BCUT2D eigenvalue weighted by atomic mass is 9.86. The summed E-state index contributed by atoms with van der Waals surface area (Å²) in [5.74, 6) is -2.29. The van der Waals surface area contributed by atoms with Gasteiger partial charge >= 0.3 is 0 Å². The van der Waals surface area contributed by atoms with Crippen molar-refractivity contribution in [3.8, 4) is 0 Å². The molecule has 2 rings (SSSR count). The molecule has 1 amide bonds. The Hall–Kier alpha value is -2.68. The van der Waals surface area contributed by atoms with Crippen LogP contribution in [0.3, 0.4) is 0 Å². The van der Waals surface area contributed by atoms with Crippen molar-refractivity contribution in [3.05, 3.63) is 28.7 Å². The van der Waals surface area contributed by atoms with E-state index in [2.05, 4.69) is 15.2 Å². The van der Waals surface area contributed by atoms with Crippen LogP contribution in [0.1, 0.15) is 20.3 Å². The molecule has 1 aromatic carbocycles. The average molecular weight is 432 g/mol. The molecule has 0 bridgehead atoms. The van der Waals surface area contributed by atoms with E-state index in [1.165, 1.54) is 13.0 Å². The Bertz CT molecular complexity index is 1150. The summed E-state index contributed by atoms with van der Waals surface area (Å²) in [6.07, 6.45) is -0.159. The molecule has 28 heavy (non-hydrogen) atoms. The third-order valence-corrected chi connectivity index (χ3v) is 5.99. The van der Waals surface area contributed by atoms with Crippen LogP contribution in [0, 0.1) is 0 Å². The number of anilines is 1. The molecular weight excluding hydrogens is 416 g/mol. The Morgan fingerprint density at radius 2 is 1.79 bits per heavy atom. The number of rotatable bonds is 5. The van der Waals surface area contributed by atoms with Crippen LogP contribution in [0.15, 0.2) is 48.8 Å². The Morgan fingerprint density at radius 1 is 1.18 bits per heavy atom. The maximum Gasteiger partial charge on any atom is 0.300 e. The van der Waals surface area contributed by atoms with E-state index in [1.807, 2.05) is 0 Å². The fourth-order valence-corrected chi connectivity index (χ4v) is 4.07. The first-order valence-electron chi connectivity index (χ1n) is 7.55. The average Bonchev–Trinajstić information content (AvgIpc) is 2.52. The van der Waals surface area contributed by atoms with E-state index < -0.39 is 53.1 Å². The van der Waals surface area contributed by atoms with Gasteiger partial charge in [-0.15, -0.1) is 0 Å². The summed E-state index contributed by atoms with van der Waals surface area (Å²) in [5, 5.41) is 17.7. The number of amides is 1. The number of azo groups is 1. The summed E-state index contributed by atoms with van der Waals surface area (Å²) in [7, 11) is -9.70. The molecule has 0 fully saturated rings. The van der Waals surface area contributed by atoms with E-state index in [1.54, 1.807) is 0 Å². The topological polar surface area (TPSA) is 209 Å². The van der Waals surface area contributed by atoms with Gasteiger partial charge in [0.05, 0.1) is 0 Å². The zero-order valence-electron chi connectivity index (χ0n) is 14.6. The molecule has 0 aromatic heterocycles. The number of hydrogen-bond acceptors (Lipinski definition) is 8. The largest absolute Gasteiger partial charge is 0.494 e. The molecule has 0 saturated carbocycles. The van der Waals surface area contributed by atoms with Gasteiger partial charge in [0, 0.05) is 5.69 Å². The van der Waals surface area contributed by atoms with Gasteiger partial charge < -0.3 is 10.8 Å². The predicted octanol–water partition coefficient (Wildman–Crippen LogP) is 1.41. The molecular formula is C14H16N4O8S2. The molecule has 1 aliphatic heterocycles. The summed E-state index contributed by atoms with van der Waals surface area (Å²) in [5.41, 5.74) is 2.92. The standard InChI is InChI=1S/C14H16N4O8S2/c1-3-14(7(2)11(28(24,25)26)12(19)16-13(14)20)18-17-9-6-8(15)4-5-10(9)27(21,22)23/h4-6H,3,15H2,1-2H3,(H,16,19,20)(H,21,22,23)(H,24,25,26). The van der Waals surface area contributed by atoms with Crippen molar-refractivity contribution >= 4 is 43.4 Å². The number of nitrogens with two attached hydrogens (primary N) is 1. The van der Waals surface area contributed by atoms with Crippen LogP contribution in [0.25, 0.3) is 0 Å². The van der Waals surface area contributed by atoms with Crippen molar-refractivity contribution in [2.24, 2.45) is 15.2 Å². The van der Waals surface area contributed by atoms with Gasteiger partial charge in [-0.05, 0) is 37.1 Å². The van der Waals surface area contributed by atoms with Gasteiger partial charge in [-0.3, -0.25) is 13.9 Å². The highest BCUT2D eigenvalue weighted by atomic mass is 32.2. The lowest BCUT2D eigenvalue weighted by Gasteiger charge is -2.30. The Labute approximate surface area is 160 Å². The number of dihydropyridines is 1. The van der Waals surface area contributed by atoms with Crippen LogP contribution in [0.5, 0.6) is 0 Å². The minimum absolute atomic E-state index is 0.0782. The summed E-state index contributed by atoms with van der Waals surface area (Å²) in [6, 6.07) is 3.24. The first kappa shape index (κ1) is 21.6. The van der Waals surface area contributed by atoms with E-state index in [9.17, 15) is 35.8 Å². The number of carbonyl (C=O) groups excluding carboxylic acids is 1. The highest BCUT2D eigenvalue weighted by molar-refractivity contribution is 7.90. The molecule has 1 aromatic rings. The number of hydrogen-bond donors (Lipinski definition) is 4. The first-order valence-corrected chi connectivity index (χ1v) is 10.4. The van der Waals surface area contributed by atoms with Crippen molar-refractivity contribution in [2.75, 3.05) is 5.73 Å². The second-order valence-electron chi connectivity index (χ2n) is 5.79. The number of aliphatic imine (C=N–C) groups is 1. The predicted molar refractivity (Wildman–Crippen MR) is 97.5 cm³/mol. The molecule has 0 aliphatic carbocycles. The van der Waals surface area contributed by atoms with Crippen LogP contribution in [-0.4, -0.2) is 48.4 Å². The van der Waals surface area contributed by atoms with Gasteiger partial charge in [-0.2, -0.15) is 32.1 Å². The minimum atomic E-state index is -5.00. The quantitative estimate of drug-likeness (QED) is 0.300. The lowest BCUT2D eigenvalue weighted by molar-refractivity contribution is -0.114. The first-order chi connectivity index (χ1) is 12.7. The zero-order valence-corrected chi connectivity index (χ0v) is 16.2. The number of aliphatic hydroxyl groups is 1. The summed E-state index contributed by atoms with van der Waals surface area (Å²) in [4.78, 5) is 13.3. The maximum atomic E-state index is 11.8. The summed E-state index contributed by atoms with van der Waals surface area (Å²) in [6.45, 7) is 2.58. The molecule has 0 radical (unpaired) electrons. The molecule has 1 heterocycles. The molecule has 0 spiro atoms. The van der Waals surface area contributed by atoms with Gasteiger partial charge in [0.15, 0.2) is 10.4 Å². The second kappa shape index (κ2) is 7.05. The molecule has 1 aliphatic rings. The van der Waals surface area contributed by atoms with E-state index in [0.717, 1.165) is 19.1 Å². The summed E-state index contributed by atoms with van der Waals surface area (Å²) >= 11 is 0. The zero-order chi connectivity index (χ0) is 21.5. The Kier molecular flexibility index (Phi) is 5.44. The normalized spacial score (nSPS) is 21.3. The third-order valence-electron chi connectivity index (χ3n) is 4.09. The van der Waals surface area contributed by atoms with Gasteiger partial charge in [-0.25, -0.2) is 0 Å². The van der Waals surface area contributed by atoms with Crippen molar-refractivity contribution in [1.82, 2.24) is 0 Å². The van der Waals surface area contributed by atoms with E-state index >= 15 is 0 Å². The van der Waals surface area contributed by atoms with Crippen molar-refractivity contribution < 1.29 is 35.8 Å². The number of benzene rings is 1. The van der Waals surface area contributed by atoms with Gasteiger partial charge in [-0.1, -0.05) is 6.92 Å². The minimum Gasteiger partial charge on any atom is -0.494 e. The number of carbonyl (C=O) groups is 1. The molecule has 14 heteroatoms. The third kappa shape index (κ3) is 3.80. The molecule has 152 valence electrons. The monoisotopic (exact) mass is 432 g/mol. The van der Waals surface area contributed by atoms with Gasteiger partial charge in [0.25, 0.3) is 26.1 Å². The van der Waals surface area contributed by atoms with Crippen molar-refractivity contribution in [3.63, 3.8) is 0 Å². The Morgan fingerprint density at radius 3 is 2.29 bits per heavy atom. The summed E-state index contributed by atoms with van der Waals surface area (Å²) < 4.78 is 64.7. The highest BCUT2D eigenvalue weighted by Gasteiger charge is 2.47. The number of aliphatic hydroxyl groups excluding tert-OH is 1. The van der Waals surface area contributed by atoms with Gasteiger partial charge in [0.1, 0.15) is 10.6 Å². The SMILES string of the molecule is CCC1(N=Nc2cc(N)ccc2S(=O)(=O)O)C(O)=NC(=O)C(S(=O)(=O)O)=C1C. The second-order valence-corrected chi connectivity index (χ2v) is 8.53. The fourth-order valence-electron chi connectivity index (χ4n) is 2.64. The fraction of sp³-hybridized carbons (Fsp3) is 0.286. The van der Waals surface area contributed by atoms with Gasteiger partial charge in [0.2, 0.25) is 5.90 Å². The number of nitrogens with zero attached hydrogens (tertiary/aromatic N) is 3. The molecule has 1 atom stereocenters.